The summed E-state index contributed by atoms with van der Waals surface area (Å²) >= 11 is 27.8. The van der Waals surface area contributed by atoms with Crippen LogP contribution in [0.2, 0.25) is 0 Å². The van der Waals surface area contributed by atoms with E-state index in [1.165, 1.54) is 145 Å². The summed E-state index contributed by atoms with van der Waals surface area (Å²) in [6.45, 7) is 0. The highest BCUT2D eigenvalue weighted by molar-refractivity contribution is 7.24. The van der Waals surface area contributed by atoms with Crippen LogP contribution in [0.5, 0.6) is 0 Å². The SMILES string of the molecule is c1csc(-c2ccsc2-c2ccsc2-c2ccsc2-c2ccsc2-c2ccsc2-c2ccsc2-c2ccsc2-c2ccsc2-c2ccsc2-c2ccsc2-c2ccsc2-c2ccsc2-c2ccsc2-c2cccs2)c1. The minimum Gasteiger partial charge on any atom is -0.144 e. The molecule has 0 radical (unpaired) electrons. The lowest BCUT2D eigenvalue weighted by Gasteiger charge is -2.11. The van der Waals surface area contributed by atoms with Crippen molar-refractivity contribution in [3.05, 3.63) is 184 Å². The lowest BCUT2D eigenvalue weighted by molar-refractivity contribution is 1.77. The Labute approximate surface area is 493 Å². The Bertz CT molecular complexity index is 4110. The molecule has 15 heteroatoms. The predicted octanol–water partition coefficient (Wildman–Crippen LogP) is 25.9. The summed E-state index contributed by atoms with van der Waals surface area (Å²) in [6, 6.07) is 39.2. The Morgan fingerprint density at radius 3 is 0.520 bits per heavy atom. The first-order valence-electron chi connectivity index (χ1n) is 23.3. The van der Waals surface area contributed by atoms with Gasteiger partial charge >= 0.3 is 0 Å². The van der Waals surface area contributed by atoms with E-state index in [0.29, 0.717) is 0 Å². The van der Waals surface area contributed by atoms with Crippen molar-refractivity contribution in [1.29, 1.82) is 0 Å². The third-order valence-electron chi connectivity index (χ3n) is 13.1. The van der Waals surface area contributed by atoms with Gasteiger partial charge in [-0.05, 0) is 172 Å². The van der Waals surface area contributed by atoms with Crippen LogP contribution in [0.25, 0.3) is 145 Å². The van der Waals surface area contributed by atoms with Crippen LogP contribution in [0.4, 0.5) is 0 Å². The van der Waals surface area contributed by atoms with E-state index in [1.807, 2.05) is 170 Å². The molecule has 0 atom stereocenters. The molecule has 15 rings (SSSR count). The molecule has 0 aliphatic carbocycles. The highest BCUT2D eigenvalue weighted by Crippen LogP contribution is 2.57. The Kier molecular flexibility index (Phi) is 13.0. The van der Waals surface area contributed by atoms with Crippen molar-refractivity contribution in [3.8, 4) is 145 Å². The molecule has 0 aliphatic rings. The molecule has 15 aromatic rings. The molecule has 0 saturated carbocycles. The molecule has 0 aliphatic heterocycles. The molecule has 0 fully saturated rings. The Balaban J connectivity index is 0.753. The van der Waals surface area contributed by atoms with Gasteiger partial charge in [0.25, 0.3) is 0 Å². The third-order valence-corrected chi connectivity index (χ3v) is 27.4. The summed E-state index contributed by atoms with van der Waals surface area (Å²) in [5.74, 6) is 0. The Hall–Kier alpha value is -4.50. The second-order valence-electron chi connectivity index (χ2n) is 17.1. The van der Waals surface area contributed by atoms with E-state index >= 15 is 0 Å². The minimum atomic E-state index is 1.31. The predicted molar refractivity (Wildman–Crippen MR) is 351 cm³/mol. The summed E-state index contributed by atoms with van der Waals surface area (Å²) in [4.78, 5) is 20.1. The number of rotatable bonds is 14. The zero-order valence-corrected chi connectivity index (χ0v) is 50.8. The average molecular weight is 1230 g/mol. The molecule has 0 bridgehead atoms. The number of hydrogen-bond donors (Lipinski definition) is 0. The zero-order chi connectivity index (χ0) is 49.4. The molecule has 15 aromatic heterocycles. The maximum atomic E-state index is 2.36. The molecule has 0 aromatic carbocycles. The van der Waals surface area contributed by atoms with E-state index in [2.05, 4.69) is 184 Å². The lowest BCUT2D eigenvalue weighted by atomic mass is 9.99. The van der Waals surface area contributed by atoms with Gasteiger partial charge < -0.3 is 0 Å². The van der Waals surface area contributed by atoms with Crippen molar-refractivity contribution >= 4 is 170 Å². The summed E-state index contributed by atoms with van der Waals surface area (Å²) < 4.78 is 0. The van der Waals surface area contributed by atoms with Crippen LogP contribution in [0.3, 0.4) is 0 Å². The zero-order valence-electron chi connectivity index (χ0n) is 38.6. The van der Waals surface area contributed by atoms with E-state index in [1.54, 1.807) is 0 Å². The van der Waals surface area contributed by atoms with Crippen molar-refractivity contribution in [1.82, 2.24) is 0 Å². The molecule has 0 saturated heterocycles. The number of hydrogen-bond acceptors (Lipinski definition) is 15. The first-order chi connectivity index (χ1) is 37.2. The monoisotopic (exact) mass is 1230 g/mol. The third kappa shape index (κ3) is 8.29. The summed E-state index contributed by atoms with van der Waals surface area (Å²) in [7, 11) is 0. The van der Waals surface area contributed by atoms with Gasteiger partial charge in [-0.15, -0.1) is 170 Å². The molecule has 15 heterocycles. The Morgan fingerprint density at radius 2 is 0.307 bits per heavy atom. The molecule has 75 heavy (non-hydrogen) atoms. The van der Waals surface area contributed by atoms with E-state index < -0.39 is 0 Å². The molecule has 0 N–H and O–H groups in total. The first kappa shape index (κ1) is 47.7. The van der Waals surface area contributed by atoms with Gasteiger partial charge in [-0.1, -0.05) is 12.1 Å². The average Bonchev–Trinajstić information content (AvgIpc) is 4.25. The summed E-state index contributed by atoms with van der Waals surface area (Å²) in [6.07, 6.45) is 0. The van der Waals surface area contributed by atoms with Crippen LogP contribution in [-0.4, -0.2) is 0 Å². The fourth-order valence-corrected chi connectivity index (χ4v) is 24.5. The maximum Gasteiger partial charge on any atom is 0.0529 e. The summed E-state index contributed by atoms with van der Waals surface area (Å²) in [5.41, 5.74) is 17.2. The van der Waals surface area contributed by atoms with Crippen LogP contribution >= 0.6 is 170 Å². The molecular formula is C60H32S15. The normalized spacial score (nSPS) is 11.7. The summed E-state index contributed by atoms with van der Waals surface area (Å²) in [5, 5.41) is 34.0. The van der Waals surface area contributed by atoms with Gasteiger partial charge in [0.2, 0.25) is 0 Å². The smallest absolute Gasteiger partial charge is 0.0529 e. The molecule has 362 valence electrons. The highest BCUT2D eigenvalue weighted by atomic mass is 32.2. The van der Waals surface area contributed by atoms with Gasteiger partial charge in [0.1, 0.15) is 0 Å². The minimum absolute atomic E-state index is 1.31. The van der Waals surface area contributed by atoms with Crippen molar-refractivity contribution < 1.29 is 0 Å². The molecule has 0 spiro atoms. The standard InChI is InChI=1S/C60H32S15/c1-3-46(61-18-1)33-5-20-63-48(33)34-6-21-64-49(34)35-7-22-65-50(35)36-8-23-66-51(36)37-9-24-67-52(37)38-10-25-68-53(38)39-11-26-69-54(39)40-12-27-70-55(40)41-13-28-71-56(41)42-14-29-72-57(42)43-15-30-73-58(43)44-16-31-74-59(44)45-17-32-75-60(45)47-4-2-19-62-47/h1-32H. The van der Waals surface area contributed by atoms with Crippen LogP contribution in [0.1, 0.15) is 0 Å². The lowest BCUT2D eigenvalue weighted by Crippen LogP contribution is -1.84. The van der Waals surface area contributed by atoms with Crippen LogP contribution in [-0.2, 0) is 0 Å². The highest BCUT2D eigenvalue weighted by Gasteiger charge is 2.28. The van der Waals surface area contributed by atoms with Gasteiger partial charge in [-0.25, -0.2) is 0 Å². The van der Waals surface area contributed by atoms with Gasteiger partial charge in [-0.3, -0.25) is 0 Å². The topological polar surface area (TPSA) is 0 Å². The molecular weight excluding hydrogens is 1200 g/mol. The van der Waals surface area contributed by atoms with E-state index in [0.717, 1.165) is 0 Å². The van der Waals surface area contributed by atoms with Crippen LogP contribution in [0.15, 0.2) is 184 Å². The van der Waals surface area contributed by atoms with Gasteiger partial charge in [-0.2, -0.15) is 0 Å². The van der Waals surface area contributed by atoms with Gasteiger partial charge in [0.15, 0.2) is 0 Å². The molecule has 0 unspecified atom stereocenters. The molecule has 0 amide bonds. The van der Waals surface area contributed by atoms with Gasteiger partial charge in [0.05, 0.1) is 4.88 Å². The number of thiophene rings is 15. The second-order valence-corrected chi connectivity index (χ2v) is 30.9. The second kappa shape index (κ2) is 20.4. The Morgan fingerprint density at radius 1 is 0.133 bits per heavy atom. The molecule has 0 nitrogen and oxygen atoms in total. The van der Waals surface area contributed by atoms with Gasteiger partial charge in [0, 0.05) is 141 Å². The van der Waals surface area contributed by atoms with Crippen molar-refractivity contribution in [3.63, 3.8) is 0 Å². The van der Waals surface area contributed by atoms with E-state index in [4.69, 9.17) is 0 Å². The van der Waals surface area contributed by atoms with Crippen molar-refractivity contribution in [2.24, 2.45) is 0 Å². The fraction of sp³-hybridized carbons (Fsp3) is 0. The van der Waals surface area contributed by atoms with Crippen LogP contribution < -0.4 is 0 Å². The maximum absolute atomic E-state index is 2.36. The quantitative estimate of drug-likeness (QED) is 0.102. The van der Waals surface area contributed by atoms with Crippen LogP contribution in [0, 0.1) is 0 Å². The largest absolute Gasteiger partial charge is 0.144 e. The van der Waals surface area contributed by atoms with E-state index in [-0.39, 0.29) is 0 Å². The van der Waals surface area contributed by atoms with E-state index in [9.17, 15) is 0 Å². The van der Waals surface area contributed by atoms with Crippen molar-refractivity contribution in [2.45, 2.75) is 0 Å². The first-order valence-corrected chi connectivity index (χ1v) is 36.5. The van der Waals surface area contributed by atoms with Crippen molar-refractivity contribution in [2.75, 3.05) is 0 Å². The fourth-order valence-electron chi connectivity index (χ4n) is 9.89.